The van der Waals surface area contributed by atoms with Gasteiger partial charge in [0.15, 0.2) is 11.5 Å². The summed E-state index contributed by atoms with van der Waals surface area (Å²) in [4.78, 5) is 0. The lowest BCUT2D eigenvalue weighted by Gasteiger charge is -2.14. The summed E-state index contributed by atoms with van der Waals surface area (Å²) < 4.78 is 10.3. The minimum absolute atomic E-state index is 0.361. The molecule has 0 bridgehead atoms. The smallest absolute Gasteiger partial charge is 0.160 e. The number of benzene rings is 1. The zero-order valence-corrected chi connectivity index (χ0v) is 10.2. The van der Waals surface area contributed by atoms with Crippen molar-refractivity contribution in [2.24, 2.45) is 5.41 Å². The van der Waals surface area contributed by atoms with Crippen LogP contribution in [0.2, 0.25) is 0 Å². The van der Waals surface area contributed by atoms with E-state index < -0.39 is 5.41 Å². The van der Waals surface area contributed by atoms with Crippen LogP contribution in [0.4, 0.5) is 0 Å². The molecule has 4 heteroatoms. The van der Waals surface area contributed by atoms with Crippen LogP contribution in [0, 0.1) is 28.1 Å². The summed E-state index contributed by atoms with van der Waals surface area (Å²) in [6.07, 6.45) is 0.361. The molecule has 88 valence electrons. The summed E-state index contributed by atoms with van der Waals surface area (Å²) in [5, 5.41) is 17.9. The largest absolute Gasteiger partial charge is 0.493 e. The normalized spacial score (nSPS) is 10.2. The van der Waals surface area contributed by atoms with Crippen LogP contribution in [0.25, 0.3) is 0 Å². The Balaban J connectivity index is 3.03. The van der Waals surface area contributed by atoms with E-state index in [0.717, 1.165) is 5.56 Å². The van der Waals surface area contributed by atoms with E-state index in [1.54, 1.807) is 33.3 Å². The average molecular weight is 230 g/mol. The van der Waals surface area contributed by atoms with Crippen molar-refractivity contribution in [3.8, 4) is 23.6 Å². The fraction of sp³-hybridized carbons (Fsp3) is 0.385. The fourth-order valence-corrected chi connectivity index (χ4v) is 1.50. The standard InChI is InChI=1S/C13H14N2O2/c1-13(8-14,9-15)7-10-4-5-11(16-2)12(6-10)17-3/h4-6H,7H2,1-3H3. The summed E-state index contributed by atoms with van der Waals surface area (Å²) >= 11 is 0. The van der Waals surface area contributed by atoms with Crippen LogP contribution in [0.15, 0.2) is 18.2 Å². The van der Waals surface area contributed by atoms with Crippen molar-refractivity contribution in [2.75, 3.05) is 14.2 Å². The van der Waals surface area contributed by atoms with Gasteiger partial charge in [0.05, 0.1) is 26.4 Å². The predicted octanol–water partition coefficient (Wildman–Crippen LogP) is 2.30. The first kappa shape index (κ1) is 12.9. The monoisotopic (exact) mass is 230 g/mol. The Morgan fingerprint density at radius 3 is 2.18 bits per heavy atom. The van der Waals surface area contributed by atoms with Crippen LogP contribution in [-0.4, -0.2) is 14.2 Å². The molecule has 0 heterocycles. The topological polar surface area (TPSA) is 66.0 Å². The molecular formula is C13H14N2O2. The van der Waals surface area contributed by atoms with E-state index >= 15 is 0 Å². The summed E-state index contributed by atoms with van der Waals surface area (Å²) in [7, 11) is 3.11. The predicted molar refractivity (Wildman–Crippen MR) is 62.6 cm³/mol. The van der Waals surface area contributed by atoms with Gasteiger partial charge < -0.3 is 9.47 Å². The van der Waals surface area contributed by atoms with Gasteiger partial charge in [-0.25, -0.2) is 0 Å². The quantitative estimate of drug-likeness (QED) is 0.796. The molecule has 1 aromatic carbocycles. The maximum Gasteiger partial charge on any atom is 0.160 e. The van der Waals surface area contributed by atoms with E-state index in [4.69, 9.17) is 20.0 Å². The number of methoxy groups -OCH3 is 2. The highest BCUT2D eigenvalue weighted by molar-refractivity contribution is 5.43. The third-order valence-corrected chi connectivity index (χ3v) is 2.50. The Labute approximate surface area is 101 Å². The van der Waals surface area contributed by atoms with Crippen molar-refractivity contribution >= 4 is 0 Å². The molecule has 0 radical (unpaired) electrons. The molecule has 0 N–H and O–H groups in total. The molecule has 0 spiro atoms. The molecule has 0 saturated carbocycles. The lowest BCUT2D eigenvalue weighted by molar-refractivity contribution is 0.354. The number of ether oxygens (including phenoxy) is 2. The average Bonchev–Trinajstić information content (AvgIpc) is 2.38. The van der Waals surface area contributed by atoms with E-state index in [1.807, 2.05) is 18.2 Å². The molecule has 4 nitrogen and oxygen atoms in total. The molecule has 0 atom stereocenters. The fourth-order valence-electron chi connectivity index (χ4n) is 1.50. The lowest BCUT2D eigenvalue weighted by atomic mass is 9.87. The van der Waals surface area contributed by atoms with Crippen LogP contribution in [0.1, 0.15) is 12.5 Å². The van der Waals surface area contributed by atoms with Crippen LogP contribution in [0.3, 0.4) is 0 Å². The van der Waals surface area contributed by atoms with Crippen LogP contribution in [0.5, 0.6) is 11.5 Å². The van der Waals surface area contributed by atoms with Crippen molar-refractivity contribution in [1.82, 2.24) is 0 Å². The maximum absolute atomic E-state index is 8.95. The Morgan fingerprint density at radius 2 is 1.71 bits per heavy atom. The molecule has 17 heavy (non-hydrogen) atoms. The van der Waals surface area contributed by atoms with Crippen molar-refractivity contribution < 1.29 is 9.47 Å². The van der Waals surface area contributed by atoms with Gasteiger partial charge in [0, 0.05) is 6.42 Å². The summed E-state index contributed by atoms with van der Waals surface area (Å²) in [6, 6.07) is 9.40. The highest BCUT2D eigenvalue weighted by Crippen LogP contribution is 2.30. The molecule has 0 fully saturated rings. The van der Waals surface area contributed by atoms with Gasteiger partial charge in [-0.05, 0) is 24.6 Å². The second kappa shape index (κ2) is 5.23. The van der Waals surface area contributed by atoms with E-state index in [1.165, 1.54) is 0 Å². The summed E-state index contributed by atoms with van der Waals surface area (Å²) in [5.74, 6) is 1.23. The Kier molecular flexibility index (Phi) is 3.96. The minimum Gasteiger partial charge on any atom is -0.493 e. The number of nitrogens with zero attached hydrogens (tertiary/aromatic N) is 2. The Hall–Kier alpha value is -2.20. The maximum atomic E-state index is 8.95. The molecule has 0 aromatic heterocycles. The highest BCUT2D eigenvalue weighted by Gasteiger charge is 2.24. The van der Waals surface area contributed by atoms with E-state index in [0.29, 0.717) is 17.9 Å². The molecule has 0 amide bonds. The van der Waals surface area contributed by atoms with Gasteiger partial charge in [-0.2, -0.15) is 10.5 Å². The summed E-state index contributed by atoms with van der Waals surface area (Å²) in [5.41, 5.74) is -0.146. The highest BCUT2D eigenvalue weighted by atomic mass is 16.5. The molecule has 0 aliphatic heterocycles. The number of nitriles is 2. The third kappa shape index (κ3) is 2.89. The first-order valence-electron chi connectivity index (χ1n) is 5.12. The number of hydrogen-bond donors (Lipinski definition) is 0. The first-order valence-corrected chi connectivity index (χ1v) is 5.12. The molecule has 0 unspecified atom stereocenters. The van der Waals surface area contributed by atoms with Gasteiger partial charge in [-0.15, -0.1) is 0 Å². The van der Waals surface area contributed by atoms with E-state index in [-0.39, 0.29) is 0 Å². The van der Waals surface area contributed by atoms with Crippen LogP contribution >= 0.6 is 0 Å². The van der Waals surface area contributed by atoms with Gasteiger partial charge in [-0.1, -0.05) is 6.07 Å². The lowest BCUT2D eigenvalue weighted by Crippen LogP contribution is -2.14. The Morgan fingerprint density at radius 1 is 1.12 bits per heavy atom. The van der Waals surface area contributed by atoms with Crippen LogP contribution < -0.4 is 9.47 Å². The zero-order valence-electron chi connectivity index (χ0n) is 10.2. The van der Waals surface area contributed by atoms with E-state index in [2.05, 4.69) is 0 Å². The third-order valence-electron chi connectivity index (χ3n) is 2.50. The minimum atomic E-state index is -1.01. The van der Waals surface area contributed by atoms with Gasteiger partial charge in [0.25, 0.3) is 0 Å². The number of hydrogen-bond acceptors (Lipinski definition) is 4. The molecule has 0 saturated heterocycles. The molecular weight excluding hydrogens is 216 g/mol. The van der Waals surface area contributed by atoms with Crippen LogP contribution in [-0.2, 0) is 6.42 Å². The first-order chi connectivity index (χ1) is 8.08. The van der Waals surface area contributed by atoms with Crippen molar-refractivity contribution in [2.45, 2.75) is 13.3 Å². The second-order valence-corrected chi connectivity index (χ2v) is 3.92. The summed E-state index contributed by atoms with van der Waals surface area (Å²) in [6.45, 7) is 1.61. The molecule has 0 aliphatic rings. The molecule has 1 rings (SSSR count). The number of rotatable bonds is 4. The molecule has 0 aliphatic carbocycles. The van der Waals surface area contributed by atoms with Crippen molar-refractivity contribution in [1.29, 1.82) is 10.5 Å². The van der Waals surface area contributed by atoms with Crippen molar-refractivity contribution in [3.63, 3.8) is 0 Å². The van der Waals surface area contributed by atoms with Crippen molar-refractivity contribution in [3.05, 3.63) is 23.8 Å². The van der Waals surface area contributed by atoms with E-state index in [9.17, 15) is 0 Å². The van der Waals surface area contributed by atoms with Gasteiger partial charge in [-0.3, -0.25) is 0 Å². The SMILES string of the molecule is COc1ccc(CC(C)(C#N)C#N)cc1OC. The molecule has 1 aromatic rings. The Bertz CT molecular complexity index is 469. The van der Waals surface area contributed by atoms with Gasteiger partial charge in [0.1, 0.15) is 5.41 Å². The van der Waals surface area contributed by atoms with Gasteiger partial charge in [0.2, 0.25) is 0 Å². The second-order valence-electron chi connectivity index (χ2n) is 3.92. The zero-order chi connectivity index (χ0) is 12.9. The van der Waals surface area contributed by atoms with Gasteiger partial charge >= 0.3 is 0 Å².